The Balaban J connectivity index is -0.000000605. The van der Waals surface area contributed by atoms with Crippen LogP contribution in [0.4, 0.5) is 0 Å². The zero-order valence-electron chi connectivity index (χ0n) is 8.34. The molecule has 0 aliphatic rings. The van der Waals surface area contributed by atoms with Gasteiger partial charge >= 0.3 is 43.1 Å². The molecule has 0 saturated heterocycles. The predicted molar refractivity (Wildman–Crippen MR) is 39.6 cm³/mol. The molecule has 0 bridgehead atoms. The van der Waals surface area contributed by atoms with Crippen molar-refractivity contribution in [2.24, 2.45) is 0 Å². The quantitative estimate of drug-likeness (QED) is 0.220. The number of aldehydes is 1. The number of carbonyl (C=O) groups is 2. The Morgan fingerprint density at radius 3 is 2.38 bits per heavy atom. The van der Waals surface area contributed by atoms with E-state index >= 15 is 0 Å². The Labute approximate surface area is 98.6 Å². The zero-order valence-corrected chi connectivity index (χ0v) is 10.2. The first-order chi connectivity index (χ1) is 5.43. The minimum atomic E-state index is -4.57. The summed E-state index contributed by atoms with van der Waals surface area (Å²) in [4.78, 5) is 37.7. The standard InChI is InChI=1S/C5H9O6P.Na.H/c1-11-5(7)4(2-3-6)12(8,9)10;;/h3-4H,2H2,1H3,(H2,8,9,10);;/q;+1;-1. The molecule has 0 heterocycles. The summed E-state index contributed by atoms with van der Waals surface area (Å²) < 4.78 is 14.7. The first kappa shape index (κ1) is 15.7. The molecule has 8 heteroatoms. The Kier molecular flexibility index (Phi) is 8.12. The number of hydrogen-bond donors (Lipinski definition) is 2. The molecule has 1 unspecified atom stereocenters. The maximum Gasteiger partial charge on any atom is 1.00 e. The van der Waals surface area contributed by atoms with Gasteiger partial charge in [-0.05, 0) is 0 Å². The average molecular weight is 220 g/mol. The van der Waals surface area contributed by atoms with Gasteiger partial charge in [-0.2, -0.15) is 0 Å². The molecule has 0 aliphatic heterocycles. The van der Waals surface area contributed by atoms with E-state index in [9.17, 15) is 14.2 Å². The Morgan fingerprint density at radius 1 is 1.69 bits per heavy atom. The zero-order chi connectivity index (χ0) is 9.78. The Bertz CT molecular complexity index is 228. The van der Waals surface area contributed by atoms with Gasteiger partial charge in [0.15, 0.2) is 5.66 Å². The molecule has 0 aromatic carbocycles. The SMILES string of the molecule is COC(=O)C(CC=O)P(=O)(O)O.[H-].[Na+]. The average Bonchev–Trinajstić information content (AvgIpc) is 1.96. The van der Waals surface area contributed by atoms with Crippen LogP contribution in [0, 0.1) is 0 Å². The second kappa shape index (κ2) is 6.70. The van der Waals surface area contributed by atoms with E-state index in [1.54, 1.807) is 0 Å². The smallest absolute Gasteiger partial charge is 1.00 e. The second-order valence-electron chi connectivity index (χ2n) is 2.03. The monoisotopic (exact) mass is 220 g/mol. The summed E-state index contributed by atoms with van der Waals surface area (Å²) >= 11 is 0. The number of ether oxygens (including phenoxy) is 1. The molecular formula is C5H10NaO6P. The number of hydrogen-bond acceptors (Lipinski definition) is 4. The number of esters is 1. The van der Waals surface area contributed by atoms with Crippen molar-refractivity contribution >= 4 is 19.9 Å². The molecular weight excluding hydrogens is 210 g/mol. The molecule has 13 heavy (non-hydrogen) atoms. The van der Waals surface area contributed by atoms with Gasteiger partial charge in [-0.25, -0.2) is 0 Å². The van der Waals surface area contributed by atoms with Crippen molar-refractivity contribution < 1.29 is 59.7 Å². The number of rotatable bonds is 4. The Hall–Kier alpha value is 0.290. The van der Waals surface area contributed by atoms with E-state index in [0.717, 1.165) is 7.11 Å². The van der Waals surface area contributed by atoms with E-state index < -0.39 is 25.6 Å². The molecule has 0 fully saturated rings. The normalized spacial score (nSPS) is 12.5. The van der Waals surface area contributed by atoms with E-state index in [4.69, 9.17) is 9.79 Å². The van der Waals surface area contributed by atoms with Crippen molar-refractivity contribution in [1.82, 2.24) is 0 Å². The predicted octanol–water partition coefficient (Wildman–Crippen LogP) is -3.59. The van der Waals surface area contributed by atoms with Gasteiger partial charge in [0.25, 0.3) is 0 Å². The van der Waals surface area contributed by atoms with Crippen molar-refractivity contribution in [3.63, 3.8) is 0 Å². The molecule has 0 rings (SSSR count). The van der Waals surface area contributed by atoms with E-state index in [-0.39, 0.29) is 37.3 Å². The molecule has 72 valence electrons. The third kappa shape index (κ3) is 5.57. The fourth-order valence-electron chi connectivity index (χ4n) is 0.598. The molecule has 0 radical (unpaired) electrons. The summed E-state index contributed by atoms with van der Waals surface area (Å²) in [6.07, 6.45) is -0.266. The van der Waals surface area contributed by atoms with Gasteiger partial charge in [0, 0.05) is 6.42 Å². The topological polar surface area (TPSA) is 101 Å². The fourth-order valence-corrected chi connectivity index (χ4v) is 1.34. The first-order valence-corrected chi connectivity index (χ1v) is 4.68. The van der Waals surface area contributed by atoms with Crippen molar-refractivity contribution in [3.05, 3.63) is 0 Å². The summed E-state index contributed by atoms with van der Waals surface area (Å²) in [5.41, 5.74) is -1.67. The molecule has 0 aromatic rings. The van der Waals surface area contributed by atoms with Gasteiger partial charge in [-0.15, -0.1) is 0 Å². The van der Waals surface area contributed by atoms with Crippen LogP contribution in [0.3, 0.4) is 0 Å². The summed E-state index contributed by atoms with van der Waals surface area (Å²) in [5, 5.41) is 0. The van der Waals surface area contributed by atoms with E-state index in [1.807, 2.05) is 0 Å². The van der Waals surface area contributed by atoms with Crippen LogP contribution in [0.15, 0.2) is 0 Å². The molecule has 0 amide bonds. The van der Waals surface area contributed by atoms with Crippen LogP contribution in [0.2, 0.25) is 0 Å². The molecule has 0 saturated carbocycles. The van der Waals surface area contributed by atoms with Gasteiger partial charge in [0.05, 0.1) is 7.11 Å². The van der Waals surface area contributed by atoms with Crippen LogP contribution in [0.5, 0.6) is 0 Å². The van der Waals surface area contributed by atoms with Gasteiger partial charge in [0.2, 0.25) is 0 Å². The minimum Gasteiger partial charge on any atom is -1.00 e. The van der Waals surface area contributed by atoms with E-state index in [1.165, 1.54) is 0 Å². The molecule has 0 aliphatic carbocycles. The molecule has 0 spiro atoms. The summed E-state index contributed by atoms with van der Waals surface area (Å²) in [6, 6.07) is 0. The third-order valence-corrected chi connectivity index (χ3v) is 2.43. The summed E-state index contributed by atoms with van der Waals surface area (Å²) in [5.74, 6) is -1.07. The van der Waals surface area contributed by atoms with Crippen LogP contribution >= 0.6 is 7.60 Å². The van der Waals surface area contributed by atoms with E-state index in [2.05, 4.69) is 4.74 Å². The van der Waals surface area contributed by atoms with Gasteiger partial charge in [-0.3, -0.25) is 9.36 Å². The number of carbonyl (C=O) groups excluding carboxylic acids is 2. The third-order valence-electron chi connectivity index (χ3n) is 1.20. The van der Waals surface area contributed by atoms with Crippen molar-refractivity contribution in [2.45, 2.75) is 12.1 Å². The molecule has 0 aromatic heterocycles. The largest absolute Gasteiger partial charge is 1.00 e. The van der Waals surface area contributed by atoms with Crippen molar-refractivity contribution in [2.75, 3.05) is 7.11 Å². The van der Waals surface area contributed by atoms with Crippen LogP contribution in [0.1, 0.15) is 7.85 Å². The Morgan fingerprint density at radius 2 is 2.15 bits per heavy atom. The van der Waals surface area contributed by atoms with Crippen LogP contribution in [0.25, 0.3) is 0 Å². The van der Waals surface area contributed by atoms with E-state index in [0.29, 0.717) is 0 Å². The first-order valence-electron chi connectivity index (χ1n) is 3.00. The number of methoxy groups -OCH3 is 1. The summed E-state index contributed by atoms with van der Waals surface area (Å²) in [6.45, 7) is 0. The molecule has 2 N–H and O–H groups in total. The second-order valence-corrected chi connectivity index (χ2v) is 3.83. The van der Waals surface area contributed by atoms with Crippen molar-refractivity contribution in [3.8, 4) is 0 Å². The van der Waals surface area contributed by atoms with Gasteiger partial charge < -0.3 is 20.7 Å². The van der Waals surface area contributed by atoms with Crippen LogP contribution in [-0.2, 0) is 18.9 Å². The fraction of sp³-hybridized carbons (Fsp3) is 0.600. The van der Waals surface area contributed by atoms with Crippen LogP contribution in [-0.4, -0.2) is 34.8 Å². The van der Waals surface area contributed by atoms with Crippen molar-refractivity contribution in [1.29, 1.82) is 0 Å². The maximum atomic E-state index is 10.7. The van der Waals surface area contributed by atoms with Gasteiger partial charge in [0.1, 0.15) is 6.29 Å². The van der Waals surface area contributed by atoms with Gasteiger partial charge in [-0.1, -0.05) is 0 Å². The molecule has 1 atom stereocenters. The van der Waals surface area contributed by atoms with Crippen LogP contribution < -0.4 is 29.6 Å². The molecule has 6 nitrogen and oxygen atoms in total. The summed E-state index contributed by atoms with van der Waals surface area (Å²) in [7, 11) is -3.57. The minimum absolute atomic E-state index is 0. The maximum absolute atomic E-state index is 10.7.